The molecule has 4 atom stereocenters. The zero-order chi connectivity index (χ0) is 17.2. The summed E-state index contributed by atoms with van der Waals surface area (Å²) in [6.45, 7) is 2.84. The van der Waals surface area contributed by atoms with Crippen molar-refractivity contribution in [2.75, 3.05) is 24.5 Å². The van der Waals surface area contributed by atoms with E-state index in [0.717, 1.165) is 58.2 Å². The van der Waals surface area contributed by atoms with Crippen LogP contribution in [0.5, 0.6) is 0 Å². The minimum absolute atomic E-state index is 0.0552. The van der Waals surface area contributed by atoms with Crippen LogP contribution in [0.3, 0.4) is 0 Å². The fourth-order valence-corrected chi connectivity index (χ4v) is 4.96. The van der Waals surface area contributed by atoms with E-state index >= 15 is 0 Å². The average Bonchev–Trinajstić information content (AvgIpc) is 3.09. The first kappa shape index (κ1) is 16.6. The predicted octanol–water partition coefficient (Wildman–Crippen LogP) is 3.02. The molecule has 4 nitrogen and oxygen atoms in total. The van der Waals surface area contributed by atoms with Gasteiger partial charge in [0.25, 0.3) is 0 Å². The van der Waals surface area contributed by atoms with Gasteiger partial charge in [0.15, 0.2) is 0 Å². The van der Waals surface area contributed by atoms with E-state index in [-0.39, 0.29) is 23.7 Å². The molecule has 3 aliphatic rings. The Morgan fingerprint density at radius 1 is 1.08 bits per heavy atom. The number of hydrogen-bond donors (Lipinski definition) is 1. The smallest absolute Gasteiger partial charge is 0.223 e. The van der Waals surface area contributed by atoms with Crippen LogP contribution in [0.15, 0.2) is 30.3 Å². The third kappa shape index (κ3) is 3.58. The minimum Gasteiger partial charge on any atom is -0.371 e. The summed E-state index contributed by atoms with van der Waals surface area (Å²) in [5, 5.41) is 3.19. The summed E-state index contributed by atoms with van der Waals surface area (Å²) in [5.74, 6) is 1.51. The van der Waals surface area contributed by atoms with Crippen molar-refractivity contribution in [1.29, 1.82) is 0 Å². The fourth-order valence-electron chi connectivity index (χ4n) is 4.96. The van der Waals surface area contributed by atoms with Gasteiger partial charge >= 0.3 is 0 Å². The minimum atomic E-state index is 0.0552. The summed E-state index contributed by atoms with van der Waals surface area (Å²) in [6.07, 6.45) is 5.84. The topological polar surface area (TPSA) is 49.4 Å². The van der Waals surface area contributed by atoms with Crippen molar-refractivity contribution in [1.82, 2.24) is 5.32 Å². The average molecular weight is 340 g/mol. The van der Waals surface area contributed by atoms with Crippen molar-refractivity contribution >= 4 is 17.4 Å². The number of carbonyl (C=O) groups excluding carboxylic acids is 2. The summed E-state index contributed by atoms with van der Waals surface area (Å²) < 4.78 is 0. The Hall–Kier alpha value is -1.84. The van der Waals surface area contributed by atoms with E-state index in [1.807, 2.05) is 6.07 Å². The molecule has 134 valence electrons. The Morgan fingerprint density at radius 2 is 1.80 bits per heavy atom. The highest BCUT2D eigenvalue weighted by Gasteiger charge is 2.41. The number of anilines is 1. The van der Waals surface area contributed by atoms with Crippen molar-refractivity contribution < 1.29 is 9.59 Å². The maximum Gasteiger partial charge on any atom is 0.223 e. The Labute approximate surface area is 150 Å². The van der Waals surface area contributed by atoms with Crippen molar-refractivity contribution in [2.24, 2.45) is 23.7 Å². The second-order valence-electron chi connectivity index (χ2n) is 8.08. The van der Waals surface area contributed by atoms with E-state index in [2.05, 4.69) is 34.5 Å². The SMILES string of the molecule is O=C(NC[C@H]1CCN(c2ccccc2)C1)C1C[C@H]2CCC[C@@H](C1)C2=O. The number of fused-ring (bicyclic) bond motifs is 2. The predicted molar refractivity (Wildman–Crippen MR) is 98.3 cm³/mol. The molecule has 1 saturated heterocycles. The highest BCUT2D eigenvalue weighted by Crippen LogP contribution is 2.40. The number of hydrogen-bond acceptors (Lipinski definition) is 3. The second-order valence-corrected chi connectivity index (χ2v) is 8.08. The molecule has 0 spiro atoms. The first-order chi connectivity index (χ1) is 12.2. The van der Waals surface area contributed by atoms with Crippen LogP contribution >= 0.6 is 0 Å². The van der Waals surface area contributed by atoms with E-state index < -0.39 is 0 Å². The largest absolute Gasteiger partial charge is 0.371 e. The molecule has 4 rings (SSSR count). The van der Waals surface area contributed by atoms with Crippen LogP contribution in [0.1, 0.15) is 38.5 Å². The molecule has 2 bridgehead atoms. The van der Waals surface area contributed by atoms with Crippen molar-refractivity contribution in [3.63, 3.8) is 0 Å². The lowest BCUT2D eigenvalue weighted by Gasteiger charge is -2.37. The fraction of sp³-hybridized carbons (Fsp3) is 0.619. The number of amides is 1. The standard InChI is InChI=1S/C21H28N2O2/c24-20-16-5-4-6-17(20)12-18(11-16)21(25)22-13-15-9-10-23(14-15)19-7-2-1-3-8-19/h1-3,7-8,15-18H,4-6,9-14H2,(H,22,25)/t15-,16-,17+,18?/m1/s1. The van der Waals surface area contributed by atoms with Crippen molar-refractivity contribution in [3.05, 3.63) is 30.3 Å². The van der Waals surface area contributed by atoms with Gasteiger partial charge in [-0.05, 0) is 50.2 Å². The molecule has 3 fully saturated rings. The number of Topliss-reactive ketones (excluding diaryl/α,β-unsaturated/α-hetero) is 1. The Bertz CT molecular complexity index is 614. The number of nitrogens with one attached hydrogen (secondary N) is 1. The summed E-state index contributed by atoms with van der Waals surface area (Å²) in [7, 11) is 0. The number of ketones is 1. The third-order valence-corrected chi connectivity index (χ3v) is 6.39. The molecule has 1 amide bonds. The van der Waals surface area contributed by atoms with Gasteiger partial charge in [0.05, 0.1) is 0 Å². The molecule has 1 aliphatic heterocycles. The van der Waals surface area contributed by atoms with Gasteiger partial charge in [-0.25, -0.2) is 0 Å². The van der Waals surface area contributed by atoms with Gasteiger partial charge in [-0.15, -0.1) is 0 Å². The van der Waals surface area contributed by atoms with Gasteiger partial charge in [-0.3, -0.25) is 9.59 Å². The van der Waals surface area contributed by atoms with Crippen LogP contribution in [0.4, 0.5) is 5.69 Å². The Kier molecular flexibility index (Phi) is 4.78. The Morgan fingerprint density at radius 3 is 2.52 bits per heavy atom. The van der Waals surface area contributed by atoms with E-state index in [1.165, 1.54) is 5.69 Å². The van der Waals surface area contributed by atoms with Gasteiger partial charge in [0.2, 0.25) is 5.91 Å². The molecule has 1 N–H and O–H groups in total. The molecule has 0 aromatic heterocycles. The molecule has 2 saturated carbocycles. The van der Waals surface area contributed by atoms with E-state index in [4.69, 9.17) is 0 Å². The Balaban J connectivity index is 1.26. The van der Waals surface area contributed by atoms with Crippen LogP contribution < -0.4 is 10.2 Å². The van der Waals surface area contributed by atoms with Crippen LogP contribution in [0, 0.1) is 23.7 Å². The number of carbonyl (C=O) groups is 2. The molecule has 4 heteroatoms. The van der Waals surface area contributed by atoms with E-state index in [1.54, 1.807) is 0 Å². The van der Waals surface area contributed by atoms with E-state index in [0.29, 0.717) is 11.7 Å². The lowest BCUT2D eigenvalue weighted by Crippen LogP contribution is -2.43. The molecule has 2 aliphatic carbocycles. The summed E-state index contributed by atoms with van der Waals surface area (Å²) in [6, 6.07) is 10.5. The van der Waals surface area contributed by atoms with Crippen molar-refractivity contribution in [3.8, 4) is 0 Å². The zero-order valence-electron chi connectivity index (χ0n) is 14.8. The highest BCUT2D eigenvalue weighted by molar-refractivity contribution is 5.88. The van der Waals surface area contributed by atoms with Crippen LogP contribution in [0.25, 0.3) is 0 Å². The zero-order valence-corrected chi connectivity index (χ0v) is 14.8. The van der Waals surface area contributed by atoms with Gasteiger partial charge in [-0.1, -0.05) is 24.6 Å². The molecular formula is C21H28N2O2. The number of benzene rings is 1. The highest BCUT2D eigenvalue weighted by atomic mass is 16.2. The van der Waals surface area contributed by atoms with Gasteiger partial charge < -0.3 is 10.2 Å². The van der Waals surface area contributed by atoms with Crippen LogP contribution in [-0.4, -0.2) is 31.3 Å². The van der Waals surface area contributed by atoms with E-state index in [9.17, 15) is 9.59 Å². The summed E-state index contributed by atoms with van der Waals surface area (Å²) >= 11 is 0. The summed E-state index contributed by atoms with van der Waals surface area (Å²) in [4.78, 5) is 27.2. The van der Waals surface area contributed by atoms with Gasteiger partial charge in [0.1, 0.15) is 5.78 Å². The quantitative estimate of drug-likeness (QED) is 0.916. The maximum atomic E-state index is 12.6. The maximum absolute atomic E-state index is 12.6. The molecule has 1 aromatic carbocycles. The molecule has 25 heavy (non-hydrogen) atoms. The molecule has 1 aromatic rings. The van der Waals surface area contributed by atoms with Gasteiger partial charge in [0, 0.05) is 43.1 Å². The molecule has 1 heterocycles. The first-order valence-corrected chi connectivity index (χ1v) is 9.82. The number of rotatable bonds is 4. The normalized spacial score (nSPS) is 31.8. The van der Waals surface area contributed by atoms with Crippen molar-refractivity contribution in [2.45, 2.75) is 38.5 Å². The second kappa shape index (κ2) is 7.19. The third-order valence-electron chi connectivity index (χ3n) is 6.39. The lowest BCUT2D eigenvalue weighted by atomic mass is 9.67. The molecule has 1 unspecified atom stereocenters. The lowest BCUT2D eigenvalue weighted by molar-refractivity contribution is -0.137. The molecular weight excluding hydrogens is 312 g/mol. The monoisotopic (exact) mass is 340 g/mol. The summed E-state index contributed by atoms with van der Waals surface area (Å²) in [5.41, 5.74) is 1.27. The number of nitrogens with zero attached hydrogens (tertiary/aromatic N) is 1. The van der Waals surface area contributed by atoms with Crippen LogP contribution in [-0.2, 0) is 9.59 Å². The van der Waals surface area contributed by atoms with Crippen LogP contribution in [0.2, 0.25) is 0 Å². The first-order valence-electron chi connectivity index (χ1n) is 9.82. The number of para-hydroxylation sites is 1. The van der Waals surface area contributed by atoms with Gasteiger partial charge in [-0.2, -0.15) is 0 Å². The molecule has 0 radical (unpaired) electrons.